The standard InChI is InChI=1S/C22H36N4O4/c23-10-4-12-26(19-9-11-24-17-19)21(27)20(8-7-18-5-2-1-3-6-18)30-22(28)25-13-15-29-16-14-25/h18-20,24H,1-9,11-17H2. The highest BCUT2D eigenvalue weighted by Crippen LogP contribution is 2.29. The third-order valence-electron chi connectivity index (χ3n) is 6.57. The number of ether oxygens (including phenoxy) is 2. The number of rotatable bonds is 8. The molecule has 0 aromatic rings. The van der Waals surface area contributed by atoms with Crippen molar-refractivity contribution in [2.24, 2.45) is 5.92 Å². The third-order valence-corrected chi connectivity index (χ3v) is 6.57. The van der Waals surface area contributed by atoms with E-state index in [1.807, 2.05) is 0 Å². The summed E-state index contributed by atoms with van der Waals surface area (Å²) in [6.07, 6.45) is 7.60. The minimum absolute atomic E-state index is 0.0603. The first-order chi connectivity index (χ1) is 14.7. The van der Waals surface area contributed by atoms with Crippen molar-refractivity contribution >= 4 is 12.0 Å². The molecule has 1 N–H and O–H groups in total. The summed E-state index contributed by atoms with van der Waals surface area (Å²) in [7, 11) is 0. The molecule has 2 atom stereocenters. The van der Waals surface area contributed by atoms with Gasteiger partial charge >= 0.3 is 6.09 Å². The first kappa shape index (κ1) is 22.8. The van der Waals surface area contributed by atoms with E-state index in [1.54, 1.807) is 9.80 Å². The molecule has 2 unspecified atom stereocenters. The molecule has 0 aromatic carbocycles. The van der Waals surface area contributed by atoms with Gasteiger partial charge in [0.1, 0.15) is 0 Å². The van der Waals surface area contributed by atoms with E-state index in [4.69, 9.17) is 14.7 Å². The van der Waals surface area contributed by atoms with Gasteiger partial charge in [0, 0.05) is 32.2 Å². The van der Waals surface area contributed by atoms with Gasteiger partial charge in [-0.3, -0.25) is 4.79 Å². The lowest BCUT2D eigenvalue weighted by Crippen LogP contribution is -2.50. The third kappa shape index (κ3) is 6.58. The molecule has 2 saturated heterocycles. The number of carbonyl (C=O) groups is 2. The van der Waals surface area contributed by atoms with Crippen molar-refractivity contribution in [1.82, 2.24) is 15.1 Å². The zero-order valence-corrected chi connectivity index (χ0v) is 18.0. The molecule has 3 fully saturated rings. The molecule has 0 bridgehead atoms. The molecule has 2 aliphatic heterocycles. The average Bonchev–Trinajstić information content (AvgIpc) is 3.32. The lowest BCUT2D eigenvalue weighted by Gasteiger charge is -2.33. The van der Waals surface area contributed by atoms with Crippen LogP contribution in [0.3, 0.4) is 0 Å². The molecular weight excluding hydrogens is 384 g/mol. The molecule has 0 spiro atoms. The Morgan fingerprint density at radius 3 is 2.63 bits per heavy atom. The molecule has 3 aliphatic rings. The van der Waals surface area contributed by atoms with Crippen LogP contribution in [0.1, 0.15) is 57.8 Å². The zero-order chi connectivity index (χ0) is 21.2. The van der Waals surface area contributed by atoms with Gasteiger partial charge in [-0.2, -0.15) is 5.26 Å². The van der Waals surface area contributed by atoms with Crippen LogP contribution in [0.25, 0.3) is 0 Å². The lowest BCUT2D eigenvalue weighted by molar-refractivity contribution is -0.143. The van der Waals surface area contributed by atoms with Gasteiger partial charge in [0.15, 0.2) is 6.10 Å². The van der Waals surface area contributed by atoms with Crippen LogP contribution in [0.15, 0.2) is 0 Å². The number of carbonyl (C=O) groups excluding carboxylic acids is 2. The van der Waals surface area contributed by atoms with Crippen molar-refractivity contribution < 1.29 is 19.1 Å². The molecule has 2 heterocycles. The summed E-state index contributed by atoms with van der Waals surface area (Å²) in [5, 5.41) is 12.4. The van der Waals surface area contributed by atoms with Crippen molar-refractivity contribution in [3.63, 3.8) is 0 Å². The maximum atomic E-state index is 13.5. The summed E-state index contributed by atoms with van der Waals surface area (Å²) in [4.78, 5) is 29.6. The van der Waals surface area contributed by atoms with Crippen LogP contribution in [-0.4, -0.2) is 79.9 Å². The topological polar surface area (TPSA) is 94.9 Å². The number of nitrogens with one attached hydrogen (secondary N) is 1. The molecule has 0 radical (unpaired) electrons. The van der Waals surface area contributed by atoms with Crippen LogP contribution in [0, 0.1) is 17.2 Å². The van der Waals surface area contributed by atoms with E-state index in [1.165, 1.54) is 32.1 Å². The van der Waals surface area contributed by atoms with E-state index in [9.17, 15) is 9.59 Å². The molecule has 8 nitrogen and oxygen atoms in total. The Hall–Kier alpha value is -1.85. The summed E-state index contributed by atoms with van der Waals surface area (Å²) in [5.41, 5.74) is 0. The second-order valence-corrected chi connectivity index (χ2v) is 8.64. The normalized spacial score (nSPS) is 23.6. The zero-order valence-electron chi connectivity index (χ0n) is 18.0. The minimum atomic E-state index is -0.776. The monoisotopic (exact) mass is 420 g/mol. The molecule has 0 aromatic heterocycles. The average molecular weight is 421 g/mol. The summed E-state index contributed by atoms with van der Waals surface area (Å²) >= 11 is 0. The smallest absolute Gasteiger partial charge is 0.410 e. The summed E-state index contributed by atoms with van der Waals surface area (Å²) in [6, 6.07) is 2.21. The number of morpholine rings is 1. The summed E-state index contributed by atoms with van der Waals surface area (Å²) in [6.45, 7) is 3.96. The van der Waals surface area contributed by atoms with E-state index >= 15 is 0 Å². The molecule has 30 heavy (non-hydrogen) atoms. The highest BCUT2D eigenvalue weighted by Gasteiger charge is 2.35. The fourth-order valence-corrected chi connectivity index (χ4v) is 4.77. The molecular formula is C22H36N4O4. The second-order valence-electron chi connectivity index (χ2n) is 8.64. The summed E-state index contributed by atoms with van der Waals surface area (Å²) in [5.74, 6) is 0.466. The van der Waals surface area contributed by atoms with Crippen molar-refractivity contribution in [3.05, 3.63) is 0 Å². The highest BCUT2D eigenvalue weighted by atomic mass is 16.6. The Morgan fingerprint density at radius 1 is 1.20 bits per heavy atom. The van der Waals surface area contributed by atoms with Gasteiger partial charge in [-0.15, -0.1) is 0 Å². The highest BCUT2D eigenvalue weighted by molar-refractivity contribution is 5.84. The second kappa shape index (κ2) is 12.1. The lowest BCUT2D eigenvalue weighted by atomic mass is 9.85. The van der Waals surface area contributed by atoms with Crippen molar-refractivity contribution in [3.8, 4) is 6.07 Å². The Kier molecular flexibility index (Phi) is 9.22. The number of hydrogen-bond acceptors (Lipinski definition) is 6. The van der Waals surface area contributed by atoms with E-state index in [0.717, 1.165) is 25.9 Å². The van der Waals surface area contributed by atoms with Crippen LogP contribution >= 0.6 is 0 Å². The molecule has 1 saturated carbocycles. The Bertz CT molecular complexity index is 590. The van der Waals surface area contributed by atoms with E-state index in [-0.39, 0.29) is 18.4 Å². The van der Waals surface area contributed by atoms with Gasteiger partial charge in [-0.05, 0) is 31.7 Å². The minimum Gasteiger partial charge on any atom is -0.436 e. The van der Waals surface area contributed by atoms with Crippen molar-refractivity contribution in [2.75, 3.05) is 45.9 Å². The van der Waals surface area contributed by atoms with Gasteiger partial charge in [0.2, 0.25) is 0 Å². The number of nitriles is 1. The quantitative estimate of drug-likeness (QED) is 0.647. The largest absolute Gasteiger partial charge is 0.436 e. The van der Waals surface area contributed by atoms with E-state index < -0.39 is 12.2 Å². The van der Waals surface area contributed by atoms with E-state index in [0.29, 0.717) is 45.2 Å². The van der Waals surface area contributed by atoms with Crippen molar-refractivity contribution in [1.29, 1.82) is 5.26 Å². The maximum Gasteiger partial charge on any atom is 0.410 e. The predicted octanol–water partition coefficient (Wildman–Crippen LogP) is 2.29. The Labute approximate surface area is 179 Å². The van der Waals surface area contributed by atoms with Gasteiger partial charge < -0.3 is 24.6 Å². The van der Waals surface area contributed by atoms with Gasteiger partial charge in [-0.25, -0.2) is 4.79 Å². The molecule has 3 rings (SSSR count). The first-order valence-corrected chi connectivity index (χ1v) is 11.6. The van der Waals surface area contributed by atoms with Crippen LogP contribution in [0.4, 0.5) is 4.79 Å². The number of amides is 2. The number of nitrogens with zero attached hydrogens (tertiary/aromatic N) is 3. The molecule has 1 aliphatic carbocycles. The molecule has 168 valence electrons. The predicted molar refractivity (Wildman–Crippen MR) is 112 cm³/mol. The van der Waals surface area contributed by atoms with Crippen LogP contribution in [0.2, 0.25) is 0 Å². The van der Waals surface area contributed by atoms with Gasteiger partial charge in [-0.1, -0.05) is 32.1 Å². The van der Waals surface area contributed by atoms with Crippen LogP contribution < -0.4 is 5.32 Å². The fraction of sp³-hybridized carbons (Fsp3) is 0.864. The number of hydrogen-bond donors (Lipinski definition) is 1. The van der Waals surface area contributed by atoms with Gasteiger partial charge in [0.05, 0.1) is 25.7 Å². The summed E-state index contributed by atoms with van der Waals surface area (Å²) < 4.78 is 11.1. The Morgan fingerprint density at radius 2 is 1.97 bits per heavy atom. The molecule has 2 amide bonds. The maximum absolute atomic E-state index is 13.5. The SMILES string of the molecule is N#CCCN(C(=O)C(CCC1CCCCC1)OC(=O)N1CCOCC1)C1CCNC1. The van der Waals surface area contributed by atoms with Crippen molar-refractivity contribution in [2.45, 2.75) is 69.9 Å². The fourth-order valence-electron chi connectivity index (χ4n) is 4.77. The first-order valence-electron chi connectivity index (χ1n) is 11.6. The van der Waals surface area contributed by atoms with E-state index in [2.05, 4.69) is 11.4 Å². The molecule has 8 heteroatoms. The van der Waals surface area contributed by atoms with Crippen LogP contribution in [0.5, 0.6) is 0 Å². The van der Waals surface area contributed by atoms with Crippen LogP contribution in [-0.2, 0) is 14.3 Å². The van der Waals surface area contributed by atoms with Gasteiger partial charge in [0.25, 0.3) is 5.91 Å². The Balaban J connectivity index is 1.67.